The van der Waals surface area contributed by atoms with Gasteiger partial charge in [-0.3, -0.25) is 9.78 Å². The Morgan fingerprint density at radius 3 is 2.10 bits per heavy atom. The number of carbonyl (C=O) groups excluding carboxylic acids is 1. The van der Waals surface area contributed by atoms with Crippen LogP contribution >= 0.6 is 0 Å². The predicted molar refractivity (Wildman–Crippen MR) is 117 cm³/mol. The monoisotopic (exact) mass is 386 g/mol. The smallest absolute Gasteiger partial charge is 0.255 e. The van der Waals surface area contributed by atoms with Gasteiger partial charge < -0.3 is 14.7 Å². The number of para-hydroxylation sites is 1. The van der Waals surface area contributed by atoms with E-state index in [4.69, 9.17) is 0 Å². The quantitative estimate of drug-likeness (QED) is 0.671. The van der Waals surface area contributed by atoms with Crippen molar-refractivity contribution in [1.29, 1.82) is 0 Å². The normalized spacial score (nSPS) is 14.0. The zero-order valence-electron chi connectivity index (χ0n) is 16.7. The highest BCUT2D eigenvalue weighted by atomic mass is 16.2. The maximum Gasteiger partial charge on any atom is 0.255 e. The first-order chi connectivity index (χ1) is 14.2. The number of pyridine rings is 1. The van der Waals surface area contributed by atoms with Gasteiger partial charge in [0.25, 0.3) is 5.91 Å². The molecule has 1 amide bonds. The summed E-state index contributed by atoms with van der Waals surface area (Å²) in [6.07, 6.45) is 3.51. The zero-order chi connectivity index (χ0) is 20.1. The lowest BCUT2D eigenvalue weighted by Gasteiger charge is -2.37. The molecule has 4 rings (SSSR count). The van der Waals surface area contributed by atoms with Crippen LogP contribution in [0.1, 0.15) is 15.9 Å². The Balaban J connectivity index is 1.40. The van der Waals surface area contributed by atoms with Gasteiger partial charge in [0.15, 0.2) is 0 Å². The van der Waals surface area contributed by atoms with Gasteiger partial charge in [0.2, 0.25) is 0 Å². The summed E-state index contributed by atoms with van der Waals surface area (Å²) in [5, 5.41) is 0. The third kappa shape index (κ3) is 4.57. The van der Waals surface area contributed by atoms with Crippen molar-refractivity contribution in [1.82, 2.24) is 9.88 Å². The molecule has 1 aliphatic rings. The van der Waals surface area contributed by atoms with E-state index in [1.807, 2.05) is 55.7 Å². The summed E-state index contributed by atoms with van der Waals surface area (Å²) in [6.45, 7) is 4.31. The van der Waals surface area contributed by atoms with Crippen LogP contribution in [-0.4, -0.2) is 49.0 Å². The van der Waals surface area contributed by atoms with Crippen LogP contribution in [0, 0.1) is 0 Å². The Bertz CT molecular complexity index is 937. The van der Waals surface area contributed by atoms with Crippen molar-refractivity contribution in [2.45, 2.75) is 6.54 Å². The molecule has 1 aromatic heterocycles. The van der Waals surface area contributed by atoms with Gasteiger partial charge in [-0.15, -0.1) is 0 Å². The van der Waals surface area contributed by atoms with E-state index in [9.17, 15) is 4.79 Å². The highest BCUT2D eigenvalue weighted by Gasteiger charge is 2.19. The van der Waals surface area contributed by atoms with Crippen LogP contribution in [0.5, 0.6) is 0 Å². The molecule has 148 valence electrons. The minimum Gasteiger partial charge on any atom is -0.368 e. The molecule has 0 bridgehead atoms. The fraction of sp³-hybridized carbons (Fsp3) is 0.250. The number of carbonyl (C=O) groups is 1. The number of hydrogen-bond acceptors (Lipinski definition) is 4. The van der Waals surface area contributed by atoms with Gasteiger partial charge in [-0.25, -0.2) is 0 Å². The van der Waals surface area contributed by atoms with E-state index >= 15 is 0 Å². The molecule has 0 spiro atoms. The lowest BCUT2D eigenvalue weighted by molar-refractivity contribution is 0.0784. The highest BCUT2D eigenvalue weighted by Crippen LogP contribution is 2.21. The van der Waals surface area contributed by atoms with Crippen LogP contribution in [0.15, 0.2) is 79.1 Å². The molecule has 2 heterocycles. The largest absolute Gasteiger partial charge is 0.368 e. The molecule has 29 heavy (non-hydrogen) atoms. The second-order valence-electron chi connectivity index (χ2n) is 7.39. The molecular weight excluding hydrogens is 360 g/mol. The van der Waals surface area contributed by atoms with Gasteiger partial charge in [-0.2, -0.15) is 0 Å². The van der Waals surface area contributed by atoms with Crippen molar-refractivity contribution in [3.63, 3.8) is 0 Å². The van der Waals surface area contributed by atoms with Crippen LogP contribution in [0.4, 0.5) is 11.4 Å². The Kier molecular flexibility index (Phi) is 5.75. The molecule has 0 N–H and O–H groups in total. The number of rotatable bonds is 5. The Morgan fingerprint density at radius 1 is 0.862 bits per heavy atom. The molecule has 0 atom stereocenters. The third-order valence-electron chi connectivity index (χ3n) is 5.35. The molecule has 5 nitrogen and oxygen atoms in total. The minimum absolute atomic E-state index is 0.00822. The summed E-state index contributed by atoms with van der Waals surface area (Å²) in [7, 11) is 1.83. The fourth-order valence-corrected chi connectivity index (χ4v) is 3.73. The lowest BCUT2D eigenvalue weighted by atomic mass is 10.1. The minimum atomic E-state index is -0.00822. The molecule has 0 unspecified atom stereocenters. The van der Waals surface area contributed by atoms with E-state index in [0.717, 1.165) is 37.4 Å². The summed E-state index contributed by atoms with van der Waals surface area (Å²) < 4.78 is 0. The molecule has 0 saturated carbocycles. The number of hydrogen-bond donors (Lipinski definition) is 0. The van der Waals surface area contributed by atoms with Crippen LogP contribution in [-0.2, 0) is 6.54 Å². The first-order valence-corrected chi connectivity index (χ1v) is 10.00. The maximum atomic E-state index is 12.9. The van der Waals surface area contributed by atoms with E-state index in [0.29, 0.717) is 12.1 Å². The average molecular weight is 386 g/mol. The zero-order valence-corrected chi connectivity index (χ0v) is 16.7. The Labute approximate surface area is 172 Å². The molecule has 1 fully saturated rings. The van der Waals surface area contributed by atoms with Crippen LogP contribution in [0.3, 0.4) is 0 Å². The highest BCUT2D eigenvalue weighted by molar-refractivity contribution is 5.94. The van der Waals surface area contributed by atoms with Crippen LogP contribution < -0.4 is 9.80 Å². The van der Waals surface area contributed by atoms with E-state index in [1.54, 1.807) is 11.1 Å². The number of aromatic nitrogens is 1. The molecule has 2 aromatic carbocycles. The summed E-state index contributed by atoms with van der Waals surface area (Å²) in [6, 6.07) is 22.5. The van der Waals surface area contributed by atoms with Crippen molar-refractivity contribution in [3.8, 4) is 0 Å². The summed E-state index contributed by atoms with van der Waals surface area (Å²) >= 11 is 0. The first kappa shape index (κ1) is 19.0. The number of benzene rings is 2. The maximum absolute atomic E-state index is 12.9. The number of nitrogens with zero attached hydrogens (tertiary/aromatic N) is 4. The number of amides is 1. The van der Waals surface area contributed by atoms with E-state index in [2.05, 4.69) is 39.0 Å². The molecule has 1 aliphatic heterocycles. The second kappa shape index (κ2) is 8.78. The van der Waals surface area contributed by atoms with Gasteiger partial charge in [0.05, 0.1) is 17.4 Å². The van der Waals surface area contributed by atoms with Crippen LogP contribution in [0.2, 0.25) is 0 Å². The molecule has 3 aromatic rings. The summed E-state index contributed by atoms with van der Waals surface area (Å²) in [5.74, 6) is -0.00822. The second-order valence-corrected chi connectivity index (χ2v) is 7.39. The van der Waals surface area contributed by atoms with Gasteiger partial charge >= 0.3 is 0 Å². The lowest BCUT2D eigenvalue weighted by Crippen LogP contribution is -2.46. The van der Waals surface area contributed by atoms with Crippen molar-refractivity contribution in [2.75, 3.05) is 43.0 Å². The third-order valence-corrected chi connectivity index (χ3v) is 5.35. The SMILES string of the molecule is CN(Cc1ccccc1)C(=O)c1cncc(N2CCN(c3ccccc3)CC2)c1. The molecule has 1 saturated heterocycles. The number of piperazine rings is 1. The molecule has 0 radical (unpaired) electrons. The first-order valence-electron chi connectivity index (χ1n) is 10.00. The topological polar surface area (TPSA) is 39.7 Å². The fourth-order valence-electron chi connectivity index (χ4n) is 3.73. The van der Waals surface area contributed by atoms with E-state index < -0.39 is 0 Å². The average Bonchev–Trinajstić information content (AvgIpc) is 2.80. The van der Waals surface area contributed by atoms with Crippen molar-refractivity contribution < 1.29 is 4.79 Å². The van der Waals surface area contributed by atoms with Gasteiger partial charge in [0, 0.05) is 51.7 Å². The van der Waals surface area contributed by atoms with Gasteiger partial charge in [-0.1, -0.05) is 48.5 Å². The molecule has 0 aliphatic carbocycles. The van der Waals surface area contributed by atoms with Crippen LogP contribution in [0.25, 0.3) is 0 Å². The van der Waals surface area contributed by atoms with E-state index in [1.165, 1.54) is 5.69 Å². The van der Waals surface area contributed by atoms with Gasteiger partial charge in [-0.05, 0) is 23.8 Å². The molecule has 5 heteroatoms. The van der Waals surface area contributed by atoms with Crippen molar-refractivity contribution in [3.05, 3.63) is 90.3 Å². The van der Waals surface area contributed by atoms with E-state index in [-0.39, 0.29) is 5.91 Å². The Morgan fingerprint density at radius 2 is 1.45 bits per heavy atom. The predicted octanol–water partition coefficient (Wildman–Crippen LogP) is 3.68. The van der Waals surface area contributed by atoms with Crippen molar-refractivity contribution >= 4 is 17.3 Å². The molecular formula is C24H26N4O. The van der Waals surface area contributed by atoms with Gasteiger partial charge in [0.1, 0.15) is 0 Å². The standard InChI is InChI=1S/C24H26N4O/c1-26(19-20-8-4-2-5-9-20)24(29)21-16-23(18-25-17-21)28-14-12-27(13-15-28)22-10-6-3-7-11-22/h2-11,16-18H,12-15,19H2,1H3. The summed E-state index contributed by atoms with van der Waals surface area (Å²) in [5.41, 5.74) is 4.02. The number of anilines is 2. The summed E-state index contributed by atoms with van der Waals surface area (Å²) in [4.78, 5) is 23.7. The Hall–Kier alpha value is -3.34. The van der Waals surface area contributed by atoms with Crippen molar-refractivity contribution in [2.24, 2.45) is 0 Å².